The summed E-state index contributed by atoms with van der Waals surface area (Å²) in [5, 5.41) is 10.3. The standard InChI is InChI=1S/C14H16N2O2S/c1-16-7-6-15-14(16)8-10(17)12-9-19-13-5-3-2-4-11(13)18-12/h2-7,10,12,17H,8-9H2,1H3. The van der Waals surface area contributed by atoms with E-state index in [9.17, 15) is 5.11 Å². The van der Waals surface area contributed by atoms with Gasteiger partial charge in [0.25, 0.3) is 0 Å². The number of nitrogens with zero attached hydrogens (tertiary/aromatic N) is 2. The van der Waals surface area contributed by atoms with Crippen molar-refractivity contribution in [2.24, 2.45) is 7.05 Å². The highest BCUT2D eigenvalue weighted by Gasteiger charge is 2.27. The summed E-state index contributed by atoms with van der Waals surface area (Å²) in [6.45, 7) is 0. The molecule has 2 atom stereocenters. The van der Waals surface area contributed by atoms with Crippen molar-refractivity contribution >= 4 is 11.8 Å². The summed E-state index contributed by atoms with van der Waals surface area (Å²) in [6, 6.07) is 7.94. The molecule has 4 nitrogen and oxygen atoms in total. The van der Waals surface area contributed by atoms with Crippen LogP contribution in [0.3, 0.4) is 0 Å². The first-order valence-corrected chi connectivity index (χ1v) is 7.25. The van der Waals surface area contributed by atoms with Crippen LogP contribution < -0.4 is 4.74 Å². The molecule has 0 saturated heterocycles. The van der Waals surface area contributed by atoms with Crippen molar-refractivity contribution in [1.82, 2.24) is 9.55 Å². The number of fused-ring (bicyclic) bond motifs is 1. The van der Waals surface area contributed by atoms with Crippen LogP contribution in [0.15, 0.2) is 41.6 Å². The average molecular weight is 276 g/mol. The predicted molar refractivity (Wildman–Crippen MR) is 74.5 cm³/mol. The fourth-order valence-corrected chi connectivity index (χ4v) is 3.20. The molecule has 0 fully saturated rings. The van der Waals surface area contributed by atoms with Gasteiger partial charge < -0.3 is 14.4 Å². The van der Waals surface area contributed by atoms with Crippen LogP contribution in [0.2, 0.25) is 0 Å². The summed E-state index contributed by atoms with van der Waals surface area (Å²) in [7, 11) is 1.93. The predicted octanol–water partition coefficient (Wildman–Crippen LogP) is 1.88. The highest BCUT2D eigenvalue weighted by Crippen LogP contribution is 2.35. The molecule has 1 aliphatic rings. The molecule has 1 aromatic carbocycles. The van der Waals surface area contributed by atoms with Crippen molar-refractivity contribution in [1.29, 1.82) is 0 Å². The molecule has 0 bridgehead atoms. The number of aliphatic hydroxyl groups is 1. The normalized spacial score (nSPS) is 19.6. The van der Waals surface area contributed by atoms with E-state index in [1.54, 1.807) is 18.0 Å². The van der Waals surface area contributed by atoms with Crippen LogP contribution in [-0.4, -0.2) is 32.6 Å². The van der Waals surface area contributed by atoms with Gasteiger partial charge in [-0.15, -0.1) is 11.8 Å². The molecule has 0 aliphatic carbocycles. The maximum Gasteiger partial charge on any atom is 0.134 e. The van der Waals surface area contributed by atoms with Gasteiger partial charge in [0, 0.05) is 36.5 Å². The molecule has 2 aromatic rings. The number of aryl methyl sites for hydroxylation is 1. The zero-order valence-electron chi connectivity index (χ0n) is 10.7. The van der Waals surface area contributed by atoms with Gasteiger partial charge >= 0.3 is 0 Å². The molecule has 5 heteroatoms. The van der Waals surface area contributed by atoms with Crippen molar-refractivity contribution in [2.75, 3.05) is 5.75 Å². The quantitative estimate of drug-likeness (QED) is 0.930. The van der Waals surface area contributed by atoms with Crippen LogP contribution in [0.5, 0.6) is 5.75 Å². The number of benzene rings is 1. The monoisotopic (exact) mass is 276 g/mol. The first-order valence-electron chi connectivity index (χ1n) is 6.27. The molecule has 2 unspecified atom stereocenters. The molecule has 1 aromatic heterocycles. The minimum atomic E-state index is -0.540. The van der Waals surface area contributed by atoms with Crippen LogP contribution in [0.25, 0.3) is 0 Å². The van der Waals surface area contributed by atoms with Gasteiger partial charge in [0.1, 0.15) is 17.7 Å². The van der Waals surface area contributed by atoms with Crippen molar-refractivity contribution in [2.45, 2.75) is 23.5 Å². The number of thioether (sulfide) groups is 1. The maximum atomic E-state index is 10.3. The van der Waals surface area contributed by atoms with Crippen molar-refractivity contribution in [3.8, 4) is 5.75 Å². The fraction of sp³-hybridized carbons (Fsp3) is 0.357. The Bertz CT molecular complexity index is 570. The third kappa shape index (κ3) is 2.62. The van der Waals surface area contributed by atoms with Gasteiger partial charge in [-0.25, -0.2) is 4.98 Å². The summed E-state index contributed by atoms with van der Waals surface area (Å²) < 4.78 is 7.80. The number of hydrogen-bond acceptors (Lipinski definition) is 4. The summed E-state index contributed by atoms with van der Waals surface area (Å²) in [4.78, 5) is 5.38. The molecule has 0 amide bonds. The van der Waals surface area contributed by atoms with E-state index in [1.165, 1.54) is 0 Å². The number of ether oxygens (including phenoxy) is 1. The molecule has 2 heterocycles. The second-order valence-corrected chi connectivity index (χ2v) is 5.70. The Hall–Kier alpha value is -1.46. The van der Waals surface area contributed by atoms with Crippen LogP contribution in [0, 0.1) is 0 Å². The van der Waals surface area contributed by atoms with Gasteiger partial charge in [-0.1, -0.05) is 12.1 Å². The molecular formula is C14H16N2O2S. The van der Waals surface area contributed by atoms with Crippen LogP contribution >= 0.6 is 11.8 Å². The zero-order chi connectivity index (χ0) is 13.2. The van der Waals surface area contributed by atoms with E-state index < -0.39 is 6.10 Å². The summed E-state index contributed by atoms with van der Waals surface area (Å²) in [6.07, 6.45) is 3.41. The molecule has 3 rings (SSSR count). The smallest absolute Gasteiger partial charge is 0.134 e. The fourth-order valence-electron chi connectivity index (χ4n) is 2.14. The van der Waals surface area contributed by atoms with Crippen LogP contribution in [0.4, 0.5) is 0 Å². The SMILES string of the molecule is Cn1ccnc1CC(O)C1CSc2ccccc2O1. The van der Waals surface area contributed by atoms with Crippen LogP contribution in [-0.2, 0) is 13.5 Å². The lowest BCUT2D eigenvalue weighted by Crippen LogP contribution is -2.37. The third-order valence-electron chi connectivity index (χ3n) is 3.27. The third-order valence-corrected chi connectivity index (χ3v) is 4.42. The Morgan fingerprint density at radius 2 is 2.37 bits per heavy atom. The van der Waals surface area contributed by atoms with Crippen molar-refractivity contribution in [3.05, 3.63) is 42.5 Å². The van der Waals surface area contributed by atoms with Gasteiger partial charge in [-0.05, 0) is 12.1 Å². The van der Waals surface area contributed by atoms with Gasteiger partial charge in [0.15, 0.2) is 0 Å². The van der Waals surface area contributed by atoms with Crippen LogP contribution in [0.1, 0.15) is 5.82 Å². The highest BCUT2D eigenvalue weighted by molar-refractivity contribution is 7.99. The molecule has 0 saturated carbocycles. The molecule has 1 aliphatic heterocycles. The number of imidazole rings is 1. The lowest BCUT2D eigenvalue weighted by molar-refractivity contribution is 0.0451. The average Bonchev–Trinajstić information content (AvgIpc) is 2.84. The largest absolute Gasteiger partial charge is 0.486 e. The molecule has 19 heavy (non-hydrogen) atoms. The number of aliphatic hydroxyl groups excluding tert-OH is 1. The van der Waals surface area contributed by atoms with E-state index in [0.29, 0.717) is 6.42 Å². The minimum Gasteiger partial charge on any atom is -0.486 e. The van der Waals surface area contributed by atoms with E-state index in [0.717, 1.165) is 22.2 Å². The molecular weight excluding hydrogens is 260 g/mol. The molecule has 100 valence electrons. The summed E-state index contributed by atoms with van der Waals surface area (Å²) >= 11 is 1.73. The first kappa shape index (κ1) is 12.6. The van der Waals surface area contributed by atoms with Crippen molar-refractivity contribution < 1.29 is 9.84 Å². The zero-order valence-corrected chi connectivity index (χ0v) is 11.5. The molecule has 1 N–H and O–H groups in total. The molecule has 0 radical (unpaired) electrons. The van der Waals surface area contributed by atoms with E-state index in [2.05, 4.69) is 4.98 Å². The van der Waals surface area contributed by atoms with E-state index in [1.807, 2.05) is 42.1 Å². The van der Waals surface area contributed by atoms with Gasteiger partial charge in [0.2, 0.25) is 0 Å². The number of hydrogen-bond donors (Lipinski definition) is 1. The topological polar surface area (TPSA) is 47.3 Å². The number of aromatic nitrogens is 2. The van der Waals surface area contributed by atoms with E-state index >= 15 is 0 Å². The van der Waals surface area contributed by atoms with E-state index in [-0.39, 0.29) is 6.10 Å². The highest BCUT2D eigenvalue weighted by atomic mass is 32.2. The lowest BCUT2D eigenvalue weighted by atomic mass is 10.1. The maximum absolute atomic E-state index is 10.3. The second kappa shape index (κ2) is 5.27. The summed E-state index contributed by atoms with van der Waals surface area (Å²) in [5.74, 6) is 2.50. The summed E-state index contributed by atoms with van der Waals surface area (Å²) in [5.41, 5.74) is 0. The number of para-hydroxylation sites is 1. The second-order valence-electron chi connectivity index (χ2n) is 4.64. The molecule has 0 spiro atoms. The van der Waals surface area contributed by atoms with E-state index in [4.69, 9.17) is 4.74 Å². The van der Waals surface area contributed by atoms with Gasteiger partial charge in [0.05, 0.1) is 6.10 Å². The van der Waals surface area contributed by atoms with Gasteiger partial charge in [-0.3, -0.25) is 0 Å². The lowest BCUT2D eigenvalue weighted by Gasteiger charge is -2.28. The minimum absolute atomic E-state index is 0.184. The Morgan fingerprint density at radius 3 is 3.16 bits per heavy atom. The first-order chi connectivity index (χ1) is 9.24. The Morgan fingerprint density at radius 1 is 1.53 bits per heavy atom. The van der Waals surface area contributed by atoms with Gasteiger partial charge in [-0.2, -0.15) is 0 Å². The van der Waals surface area contributed by atoms with Crippen molar-refractivity contribution in [3.63, 3.8) is 0 Å². The Balaban J connectivity index is 1.69. The Kier molecular flexibility index (Phi) is 3.48. The Labute approximate surface area is 116 Å². The number of rotatable bonds is 3.